The van der Waals surface area contributed by atoms with Crippen LogP contribution in [0.3, 0.4) is 0 Å². The van der Waals surface area contributed by atoms with Gasteiger partial charge in [-0.05, 0) is 30.7 Å². The van der Waals surface area contributed by atoms with Crippen LogP contribution in [0.15, 0.2) is 65.8 Å². The Morgan fingerprint density at radius 2 is 1.91 bits per heavy atom. The zero-order valence-corrected chi connectivity index (χ0v) is 12.1. The molecule has 1 N–H and O–H groups in total. The molecule has 0 atom stereocenters. The first-order valence-electron chi connectivity index (χ1n) is 7.24. The molecular weight excluding hydrogens is 278 g/mol. The Hall–Kier alpha value is -2.82. The molecule has 0 fully saturated rings. The van der Waals surface area contributed by atoms with E-state index < -0.39 is 0 Å². The number of pyridine rings is 2. The Morgan fingerprint density at radius 3 is 2.73 bits per heavy atom. The molecule has 0 aliphatic carbocycles. The Balaban J connectivity index is 1.54. The molecule has 3 aromatic heterocycles. The van der Waals surface area contributed by atoms with Gasteiger partial charge < -0.3 is 14.3 Å². The van der Waals surface area contributed by atoms with Crippen molar-refractivity contribution < 1.29 is 4.79 Å². The molecule has 5 heteroatoms. The van der Waals surface area contributed by atoms with Crippen molar-refractivity contribution in [2.75, 3.05) is 6.54 Å². The van der Waals surface area contributed by atoms with Gasteiger partial charge in [0.05, 0.1) is 5.56 Å². The van der Waals surface area contributed by atoms with Gasteiger partial charge in [-0.3, -0.25) is 9.59 Å². The van der Waals surface area contributed by atoms with E-state index in [0.717, 1.165) is 5.52 Å². The maximum absolute atomic E-state index is 12.1. The number of fused-ring (bicyclic) bond motifs is 1. The minimum absolute atomic E-state index is 0.0208. The van der Waals surface area contributed by atoms with E-state index in [2.05, 4.69) is 5.32 Å². The SMILES string of the molecule is O=C(NCCCn1ccccc1=O)c1cc2ccccn2c1. The fourth-order valence-electron chi connectivity index (χ4n) is 2.38. The minimum Gasteiger partial charge on any atom is -0.352 e. The zero-order chi connectivity index (χ0) is 15.4. The highest BCUT2D eigenvalue weighted by Gasteiger charge is 2.07. The molecule has 0 unspecified atom stereocenters. The highest BCUT2D eigenvalue weighted by atomic mass is 16.1. The molecule has 3 aromatic rings. The second kappa shape index (κ2) is 6.30. The lowest BCUT2D eigenvalue weighted by Crippen LogP contribution is -2.26. The second-order valence-corrected chi connectivity index (χ2v) is 5.10. The van der Waals surface area contributed by atoms with Crippen LogP contribution in [0.5, 0.6) is 0 Å². The molecule has 112 valence electrons. The topological polar surface area (TPSA) is 55.5 Å². The van der Waals surface area contributed by atoms with E-state index in [0.29, 0.717) is 25.1 Å². The standard InChI is InChI=1S/C17H17N3O2/c21-16-7-2-4-9-19(16)11-5-8-18-17(22)14-12-15-6-1-3-10-20(15)13-14/h1-4,6-7,9-10,12-13H,5,8,11H2,(H,18,22). The van der Waals surface area contributed by atoms with Crippen molar-refractivity contribution in [1.82, 2.24) is 14.3 Å². The summed E-state index contributed by atoms with van der Waals surface area (Å²) in [5.41, 5.74) is 1.61. The normalized spacial score (nSPS) is 10.7. The number of rotatable bonds is 5. The van der Waals surface area contributed by atoms with Gasteiger partial charge in [-0.15, -0.1) is 0 Å². The molecule has 0 saturated heterocycles. The van der Waals surface area contributed by atoms with Crippen LogP contribution >= 0.6 is 0 Å². The molecule has 0 spiro atoms. The molecule has 0 aromatic carbocycles. The number of aryl methyl sites for hydroxylation is 1. The first-order valence-corrected chi connectivity index (χ1v) is 7.24. The van der Waals surface area contributed by atoms with Gasteiger partial charge in [-0.2, -0.15) is 0 Å². The summed E-state index contributed by atoms with van der Waals surface area (Å²) in [6, 6.07) is 12.8. The first-order chi connectivity index (χ1) is 10.7. The van der Waals surface area contributed by atoms with Crippen LogP contribution in [0.25, 0.3) is 5.52 Å². The lowest BCUT2D eigenvalue weighted by atomic mass is 10.3. The predicted octanol–water partition coefficient (Wildman–Crippen LogP) is 1.92. The van der Waals surface area contributed by atoms with Gasteiger partial charge in [0.2, 0.25) is 5.56 Å². The van der Waals surface area contributed by atoms with E-state index in [1.54, 1.807) is 16.8 Å². The molecule has 0 bridgehead atoms. The van der Waals surface area contributed by atoms with Crippen LogP contribution in [0, 0.1) is 0 Å². The van der Waals surface area contributed by atoms with Gasteiger partial charge in [-0.1, -0.05) is 12.1 Å². The van der Waals surface area contributed by atoms with E-state index in [1.807, 2.05) is 47.1 Å². The van der Waals surface area contributed by atoms with Gasteiger partial charge >= 0.3 is 0 Å². The predicted molar refractivity (Wildman–Crippen MR) is 85.0 cm³/mol. The molecule has 0 aliphatic rings. The van der Waals surface area contributed by atoms with Crippen LogP contribution in [0.4, 0.5) is 0 Å². The molecule has 1 amide bonds. The third-order valence-corrected chi connectivity index (χ3v) is 3.53. The smallest absolute Gasteiger partial charge is 0.252 e. The Labute approximate surface area is 127 Å². The molecule has 0 radical (unpaired) electrons. The highest BCUT2D eigenvalue weighted by molar-refractivity contribution is 5.95. The van der Waals surface area contributed by atoms with Gasteiger partial charge in [0.15, 0.2) is 0 Å². The summed E-state index contributed by atoms with van der Waals surface area (Å²) in [7, 11) is 0. The van der Waals surface area contributed by atoms with E-state index in [-0.39, 0.29) is 11.5 Å². The minimum atomic E-state index is -0.0934. The van der Waals surface area contributed by atoms with Crippen LogP contribution < -0.4 is 10.9 Å². The maximum Gasteiger partial charge on any atom is 0.252 e. The summed E-state index contributed by atoms with van der Waals surface area (Å²) in [4.78, 5) is 23.6. The largest absolute Gasteiger partial charge is 0.352 e. The summed E-state index contributed by atoms with van der Waals surface area (Å²) in [6.45, 7) is 1.13. The molecule has 5 nitrogen and oxygen atoms in total. The molecule has 0 aliphatic heterocycles. The van der Waals surface area contributed by atoms with Crippen molar-refractivity contribution in [3.8, 4) is 0 Å². The third kappa shape index (κ3) is 3.09. The molecule has 22 heavy (non-hydrogen) atoms. The maximum atomic E-state index is 12.1. The van der Waals surface area contributed by atoms with E-state index >= 15 is 0 Å². The van der Waals surface area contributed by atoms with Crippen molar-refractivity contribution in [3.05, 3.63) is 77.0 Å². The molecule has 0 saturated carbocycles. The summed E-state index contributed by atoms with van der Waals surface area (Å²) >= 11 is 0. The fourth-order valence-corrected chi connectivity index (χ4v) is 2.38. The summed E-state index contributed by atoms with van der Waals surface area (Å²) in [5.74, 6) is -0.0934. The average molecular weight is 295 g/mol. The van der Waals surface area contributed by atoms with E-state index in [1.165, 1.54) is 6.07 Å². The Kier molecular flexibility index (Phi) is 4.05. The quantitative estimate of drug-likeness (QED) is 0.731. The third-order valence-electron chi connectivity index (χ3n) is 3.53. The van der Waals surface area contributed by atoms with Crippen molar-refractivity contribution in [2.24, 2.45) is 0 Å². The average Bonchev–Trinajstić information content (AvgIpc) is 2.97. The van der Waals surface area contributed by atoms with Crippen LogP contribution in [-0.2, 0) is 6.54 Å². The monoisotopic (exact) mass is 295 g/mol. The van der Waals surface area contributed by atoms with Crippen molar-refractivity contribution in [2.45, 2.75) is 13.0 Å². The van der Waals surface area contributed by atoms with Gasteiger partial charge in [-0.25, -0.2) is 0 Å². The zero-order valence-electron chi connectivity index (χ0n) is 12.1. The number of carbonyl (C=O) groups is 1. The number of carbonyl (C=O) groups excluding carboxylic acids is 1. The summed E-state index contributed by atoms with van der Waals surface area (Å²) in [5, 5.41) is 2.88. The lowest BCUT2D eigenvalue weighted by molar-refractivity contribution is 0.0953. The second-order valence-electron chi connectivity index (χ2n) is 5.10. The summed E-state index contributed by atoms with van der Waals surface area (Å²) in [6.07, 6.45) is 6.19. The van der Waals surface area contributed by atoms with E-state index in [4.69, 9.17) is 0 Å². The Bertz CT molecular complexity index is 815. The highest BCUT2D eigenvalue weighted by Crippen LogP contribution is 2.09. The van der Waals surface area contributed by atoms with Gasteiger partial charge in [0.1, 0.15) is 0 Å². The molecule has 3 rings (SSSR count). The van der Waals surface area contributed by atoms with Crippen LogP contribution in [-0.4, -0.2) is 21.4 Å². The van der Waals surface area contributed by atoms with Crippen LogP contribution in [0.2, 0.25) is 0 Å². The number of amides is 1. The Morgan fingerprint density at radius 1 is 1.09 bits per heavy atom. The van der Waals surface area contributed by atoms with Crippen molar-refractivity contribution >= 4 is 11.4 Å². The van der Waals surface area contributed by atoms with Gasteiger partial charge in [0, 0.05) is 43.3 Å². The van der Waals surface area contributed by atoms with Gasteiger partial charge in [0.25, 0.3) is 5.91 Å². The fraction of sp³-hybridized carbons (Fsp3) is 0.176. The first kappa shape index (κ1) is 14.1. The number of aromatic nitrogens is 2. The number of nitrogens with zero attached hydrogens (tertiary/aromatic N) is 2. The number of hydrogen-bond donors (Lipinski definition) is 1. The molecular formula is C17H17N3O2. The van der Waals surface area contributed by atoms with Crippen molar-refractivity contribution in [1.29, 1.82) is 0 Å². The van der Waals surface area contributed by atoms with E-state index in [9.17, 15) is 9.59 Å². The number of hydrogen-bond acceptors (Lipinski definition) is 2. The molecule has 3 heterocycles. The van der Waals surface area contributed by atoms with Crippen molar-refractivity contribution in [3.63, 3.8) is 0 Å². The summed E-state index contributed by atoms with van der Waals surface area (Å²) < 4.78 is 3.55. The lowest BCUT2D eigenvalue weighted by Gasteiger charge is -2.06. The number of nitrogens with one attached hydrogen (secondary N) is 1. The van der Waals surface area contributed by atoms with Crippen LogP contribution in [0.1, 0.15) is 16.8 Å².